The Morgan fingerprint density at radius 3 is 2.32 bits per heavy atom. The van der Waals surface area contributed by atoms with Crippen LogP contribution in [0.15, 0.2) is 42.0 Å². The summed E-state index contributed by atoms with van der Waals surface area (Å²) in [5.74, 6) is 0.0422. The lowest BCUT2D eigenvalue weighted by atomic mass is 9.94. The van der Waals surface area contributed by atoms with Crippen molar-refractivity contribution in [1.82, 2.24) is 4.90 Å². The Morgan fingerprint density at radius 1 is 1.00 bits per heavy atom. The molecule has 2 aromatic rings. The minimum atomic E-state index is -0.788. The van der Waals surface area contributed by atoms with E-state index in [4.69, 9.17) is 18.9 Å². The van der Waals surface area contributed by atoms with Gasteiger partial charge in [0.25, 0.3) is 11.7 Å². The Balaban J connectivity index is 2.16. The van der Waals surface area contributed by atoms with E-state index in [9.17, 15) is 14.7 Å². The molecule has 1 amide bonds. The predicted molar refractivity (Wildman–Crippen MR) is 127 cm³/mol. The zero-order valence-corrected chi connectivity index (χ0v) is 20.2. The first-order chi connectivity index (χ1) is 16.4. The van der Waals surface area contributed by atoms with Crippen LogP contribution >= 0.6 is 0 Å². The van der Waals surface area contributed by atoms with E-state index in [0.717, 1.165) is 5.56 Å². The summed E-state index contributed by atoms with van der Waals surface area (Å²) in [5, 5.41) is 11.2. The second-order valence-electron chi connectivity index (χ2n) is 7.87. The van der Waals surface area contributed by atoms with E-state index in [0.29, 0.717) is 48.0 Å². The first-order valence-corrected chi connectivity index (χ1v) is 11.1. The maximum atomic E-state index is 13.2. The summed E-state index contributed by atoms with van der Waals surface area (Å²) >= 11 is 0. The van der Waals surface area contributed by atoms with Crippen LogP contribution in [0.25, 0.3) is 5.76 Å². The first kappa shape index (κ1) is 25.1. The van der Waals surface area contributed by atoms with Crippen LogP contribution in [-0.2, 0) is 14.3 Å². The zero-order chi connectivity index (χ0) is 24.8. The lowest BCUT2D eigenvalue weighted by Gasteiger charge is -2.26. The van der Waals surface area contributed by atoms with Crippen LogP contribution in [0.2, 0.25) is 0 Å². The van der Waals surface area contributed by atoms with Crippen molar-refractivity contribution in [3.05, 3.63) is 58.7 Å². The normalized spacial score (nSPS) is 17.2. The van der Waals surface area contributed by atoms with Crippen molar-refractivity contribution in [3.8, 4) is 17.2 Å². The van der Waals surface area contributed by atoms with Gasteiger partial charge in [0.15, 0.2) is 11.5 Å². The lowest BCUT2D eigenvalue weighted by molar-refractivity contribution is -0.140. The summed E-state index contributed by atoms with van der Waals surface area (Å²) in [4.78, 5) is 27.7. The number of carbonyl (C=O) groups is 2. The van der Waals surface area contributed by atoms with E-state index < -0.39 is 17.7 Å². The Bertz CT molecular complexity index is 1090. The fraction of sp³-hybridized carbons (Fsp3) is 0.385. The zero-order valence-electron chi connectivity index (χ0n) is 20.2. The molecule has 0 spiro atoms. The van der Waals surface area contributed by atoms with Gasteiger partial charge in [-0.2, -0.15) is 0 Å². The number of carbonyl (C=O) groups excluding carboxylic acids is 2. The van der Waals surface area contributed by atoms with Crippen LogP contribution in [0.1, 0.15) is 36.1 Å². The third-order valence-electron chi connectivity index (χ3n) is 5.76. The van der Waals surface area contributed by atoms with Gasteiger partial charge >= 0.3 is 0 Å². The van der Waals surface area contributed by atoms with Crippen LogP contribution in [0.5, 0.6) is 17.2 Å². The quantitative estimate of drug-likeness (QED) is 0.244. The predicted octanol–water partition coefficient (Wildman–Crippen LogP) is 3.87. The molecule has 2 aromatic carbocycles. The number of nitrogens with zero attached hydrogens (tertiary/aromatic N) is 1. The number of hydrogen-bond donors (Lipinski definition) is 1. The van der Waals surface area contributed by atoms with E-state index in [1.165, 1.54) is 12.0 Å². The summed E-state index contributed by atoms with van der Waals surface area (Å²) in [6, 6.07) is 9.57. The minimum absolute atomic E-state index is 0.0261. The van der Waals surface area contributed by atoms with Gasteiger partial charge in [-0.05, 0) is 61.7 Å². The number of likely N-dealkylation sites (tertiary alicyclic amines) is 1. The van der Waals surface area contributed by atoms with Gasteiger partial charge in [0.2, 0.25) is 0 Å². The Labute approximate surface area is 199 Å². The van der Waals surface area contributed by atoms with Crippen molar-refractivity contribution in [2.45, 2.75) is 26.3 Å². The molecule has 1 heterocycles. The molecule has 3 rings (SSSR count). The van der Waals surface area contributed by atoms with Gasteiger partial charge in [0.05, 0.1) is 32.4 Å². The largest absolute Gasteiger partial charge is 0.507 e. The number of ketones is 1. The number of benzene rings is 2. The molecule has 0 unspecified atom stereocenters. The van der Waals surface area contributed by atoms with E-state index in [1.807, 2.05) is 13.8 Å². The van der Waals surface area contributed by atoms with Crippen molar-refractivity contribution in [3.63, 3.8) is 0 Å². The summed E-state index contributed by atoms with van der Waals surface area (Å²) in [7, 11) is 4.67. The molecular formula is C26H31NO7. The van der Waals surface area contributed by atoms with Crippen LogP contribution in [-0.4, -0.2) is 62.8 Å². The van der Waals surface area contributed by atoms with Crippen molar-refractivity contribution < 1.29 is 33.6 Å². The Kier molecular flexibility index (Phi) is 8.17. The van der Waals surface area contributed by atoms with Crippen LogP contribution in [0.3, 0.4) is 0 Å². The van der Waals surface area contributed by atoms with Gasteiger partial charge in [0, 0.05) is 25.8 Å². The smallest absolute Gasteiger partial charge is 0.295 e. The third kappa shape index (κ3) is 4.87. The van der Waals surface area contributed by atoms with Crippen LogP contribution < -0.4 is 14.2 Å². The standard InChI is InChI=1S/C26H31NO7/c1-6-34-20-11-8-17(15-21(20)33-5)23-22(25(29)26(30)27(23)12-7-13-31-3)24(28)18-9-10-19(32-4)16(2)14-18/h8-11,14-15,23,28H,6-7,12-13H2,1-5H3/t23-/m1/s1. The number of hydrogen-bond acceptors (Lipinski definition) is 7. The molecule has 0 saturated carbocycles. The van der Waals surface area contributed by atoms with Crippen molar-refractivity contribution in [2.75, 3.05) is 41.1 Å². The molecule has 1 aliphatic heterocycles. The average Bonchev–Trinajstić information content (AvgIpc) is 3.09. The first-order valence-electron chi connectivity index (χ1n) is 11.1. The fourth-order valence-electron chi connectivity index (χ4n) is 4.15. The van der Waals surface area contributed by atoms with Crippen LogP contribution in [0.4, 0.5) is 0 Å². The number of amides is 1. The molecule has 1 atom stereocenters. The highest BCUT2D eigenvalue weighted by Gasteiger charge is 2.46. The highest BCUT2D eigenvalue weighted by Crippen LogP contribution is 2.42. The molecule has 0 bridgehead atoms. The van der Waals surface area contributed by atoms with Gasteiger partial charge < -0.3 is 29.0 Å². The number of rotatable bonds is 10. The molecule has 0 aliphatic carbocycles. The molecule has 8 nitrogen and oxygen atoms in total. The highest BCUT2D eigenvalue weighted by atomic mass is 16.5. The van der Waals surface area contributed by atoms with E-state index in [2.05, 4.69) is 0 Å². The van der Waals surface area contributed by atoms with Gasteiger partial charge in [-0.15, -0.1) is 0 Å². The highest BCUT2D eigenvalue weighted by molar-refractivity contribution is 6.46. The molecular weight excluding hydrogens is 438 g/mol. The SMILES string of the molecule is CCOc1ccc([C@@H]2C(=C(O)c3ccc(OC)c(C)c3)C(=O)C(=O)N2CCCOC)cc1OC. The number of aliphatic hydroxyl groups excluding tert-OH is 1. The molecule has 8 heteroatoms. The minimum Gasteiger partial charge on any atom is -0.507 e. The number of Topliss-reactive ketones (excluding diaryl/α,β-unsaturated/α-hetero) is 1. The van der Waals surface area contributed by atoms with E-state index in [-0.39, 0.29) is 17.9 Å². The number of ether oxygens (including phenoxy) is 4. The molecule has 1 fully saturated rings. The second kappa shape index (κ2) is 11.1. The fourth-order valence-corrected chi connectivity index (χ4v) is 4.15. The summed E-state index contributed by atoms with van der Waals surface area (Å²) < 4.78 is 21.5. The molecule has 34 heavy (non-hydrogen) atoms. The lowest BCUT2D eigenvalue weighted by Crippen LogP contribution is -2.31. The van der Waals surface area contributed by atoms with Gasteiger partial charge in [-0.1, -0.05) is 6.07 Å². The average molecular weight is 470 g/mol. The number of aryl methyl sites for hydroxylation is 1. The van der Waals surface area contributed by atoms with Gasteiger partial charge in [-0.25, -0.2) is 0 Å². The molecule has 1 N–H and O–H groups in total. The molecule has 0 aromatic heterocycles. The van der Waals surface area contributed by atoms with Gasteiger partial charge in [0.1, 0.15) is 11.5 Å². The van der Waals surface area contributed by atoms with E-state index >= 15 is 0 Å². The summed E-state index contributed by atoms with van der Waals surface area (Å²) in [6.45, 7) is 4.89. The van der Waals surface area contributed by atoms with Crippen molar-refractivity contribution >= 4 is 17.4 Å². The number of aliphatic hydroxyl groups is 1. The topological polar surface area (TPSA) is 94.5 Å². The molecule has 1 saturated heterocycles. The molecule has 0 radical (unpaired) electrons. The van der Waals surface area contributed by atoms with Crippen LogP contribution in [0, 0.1) is 6.92 Å². The third-order valence-corrected chi connectivity index (χ3v) is 5.76. The maximum Gasteiger partial charge on any atom is 0.295 e. The van der Waals surface area contributed by atoms with Gasteiger partial charge in [-0.3, -0.25) is 9.59 Å². The summed E-state index contributed by atoms with van der Waals surface area (Å²) in [6.07, 6.45) is 0.538. The summed E-state index contributed by atoms with van der Waals surface area (Å²) in [5.41, 5.74) is 1.87. The Hall–Kier alpha value is -3.52. The van der Waals surface area contributed by atoms with Crippen molar-refractivity contribution in [2.24, 2.45) is 0 Å². The van der Waals surface area contributed by atoms with Crippen molar-refractivity contribution in [1.29, 1.82) is 0 Å². The van der Waals surface area contributed by atoms with E-state index in [1.54, 1.807) is 50.6 Å². The molecule has 1 aliphatic rings. The Morgan fingerprint density at radius 2 is 1.71 bits per heavy atom. The number of methoxy groups -OCH3 is 3. The monoisotopic (exact) mass is 469 g/mol. The second-order valence-corrected chi connectivity index (χ2v) is 7.87. The maximum absolute atomic E-state index is 13.2. The molecule has 182 valence electrons.